The Bertz CT molecular complexity index is 1400. The summed E-state index contributed by atoms with van der Waals surface area (Å²) in [6.45, 7) is 1.81. The van der Waals surface area contributed by atoms with Gasteiger partial charge in [0.1, 0.15) is 5.00 Å². The van der Waals surface area contributed by atoms with Gasteiger partial charge in [-0.3, -0.25) is 9.59 Å². The van der Waals surface area contributed by atoms with Gasteiger partial charge in [0.15, 0.2) is 11.0 Å². The predicted molar refractivity (Wildman–Crippen MR) is 145 cm³/mol. The second-order valence-electron chi connectivity index (χ2n) is 9.01. The molecule has 4 rings (SSSR count). The fraction of sp³-hybridized carbons (Fsp3) is 0.423. The minimum Gasteiger partial charge on any atom is -0.462 e. The number of alkyl halides is 3. The number of nitrogens with zero attached hydrogens (tertiary/aromatic N) is 3. The van der Waals surface area contributed by atoms with Crippen LogP contribution in [-0.4, -0.2) is 44.9 Å². The molecule has 0 unspecified atom stereocenters. The zero-order valence-corrected chi connectivity index (χ0v) is 23.5. The van der Waals surface area contributed by atoms with Crippen molar-refractivity contribution in [2.45, 2.75) is 56.9 Å². The number of fused-ring (bicyclic) bond motifs is 1. The molecule has 2 N–H and O–H groups in total. The van der Waals surface area contributed by atoms with Crippen LogP contribution in [-0.2, 0) is 42.1 Å². The van der Waals surface area contributed by atoms with Crippen LogP contribution in [0.3, 0.4) is 0 Å². The lowest BCUT2D eigenvalue weighted by atomic mass is 10.1. The molecule has 0 atom stereocenters. The first-order valence-electron chi connectivity index (χ1n) is 12.7. The molecule has 2 heterocycles. The SMILES string of the molecule is CCOC(=O)c1c(NC(=O)CSc2nnc(CNC(=O)c3ccccc3C(F)(F)F)n2C)sc2c1CCCCC2. The molecule has 0 aliphatic heterocycles. The van der Waals surface area contributed by atoms with Crippen LogP contribution >= 0.6 is 23.1 Å². The van der Waals surface area contributed by atoms with Crippen molar-refractivity contribution in [3.8, 4) is 0 Å². The number of rotatable bonds is 9. The van der Waals surface area contributed by atoms with E-state index in [2.05, 4.69) is 20.8 Å². The van der Waals surface area contributed by atoms with Gasteiger partial charge in [-0.05, 0) is 50.3 Å². The van der Waals surface area contributed by atoms with Crippen LogP contribution in [0, 0.1) is 0 Å². The molecule has 0 spiro atoms. The Morgan fingerprint density at radius 1 is 1.12 bits per heavy atom. The molecule has 3 aromatic rings. The molecule has 1 aliphatic carbocycles. The maximum atomic E-state index is 13.2. The molecule has 214 valence electrons. The van der Waals surface area contributed by atoms with Gasteiger partial charge in [-0.2, -0.15) is 13.2 Å². The minimum absolute atomic E-state index is 0.0257. The minimum atomic E-state index is -4.66. The second kappa shape index (κ2) is 12.9. The van der Waals surface area contributed by atoms with Gasteiger partial charge in [-0.15, -0.1) is 21.5 Å². The Balaban J connectivity index is 1.38. The van der Waals surface area contributed by atoms with E-state index in [4.69, 9.17) is 4.74 Å². The Morgan fingerprint density at radius 2 is 1.88 bits per heavy atom. The van der Waals surface area contributed by atoms with Gasteiger partial charge in [-0.25, -0.2) is 4.79 Å². The quantitative estimate of drug-likeness (QED) is 0.203. The average molecular weight is 596 g/mol. The average Bonchev–Trinajstić information content (AvgIpc) is 3.34. The number of thiophene rings is 1. The van der Waals surface area contributed by atoms with E-state index in [0.29, 0.717) is 21.5 Å². The van der Waals surface area contributed by atoms with E-state index in [1.165, 1.54) is 23.5 Å². The first-order chi connectivity index (χ1) is 19.1. The number of hydrogen-bond donors (Lipinski definition) is 2. The number of thioether (sulfide) groups is 1. The van der Waals surface area contributed by atoms with E-state index in [1.807, 2.05) is 0 Å². The van der Waals surface area contributed by atoms with Crippen molar-refractivity contribution in [3.05, 3.63) is 57.2 Å². The number of esters is 1. The molecule has 0 fully saturated rings. The standard InChI is InChI=1S/C26H28F3N5O4S2/c1-3-38-24(37)21-16-10-5-4-6-12-18(16)40-23(21)31-20(35)14-39-25-33-32-19(34(25)2)13-30-22(36)15-9-7-8-11-17(15)26(27,28)29/h7-9,11H,3-6,10,12-14H2,1-2H3,(H,30,36)(H,31,35). The molecule has 1 aromatic carbocycles. The Hall–Kier alpha value is -3.39. The number of anilines is 1. The number of ether oxygens (including phenoxy) is 1. The highest BCUT2D eigenvalue weighted by Crippen LogP contribution is 2.38. The van der Waals surface area contributed by atoms with Gasteiger partial charge in [0.25, 0.3) is 5.91 Å². The number of carbonyl (C=O) groups is 3. The molecule has 14 heteroatoms. The molecule has 1 aliphatic rings. The zero-order valence-electron chi connectivity index (χ0n) is 21.9. The largest absolute Gasteiger partial charge is 0.462 e. The maximum absolute atomic E-state index is 13.2. The van der Waals surface area contributed by atoms with Gasteiger partial charge in [-0.1, -0.05) is 30.3 Å². The summed E-state index contributed by atoms with van der Waals surface area (Å²) in [4.78, 5) is 39.1. The summed E-state index contributed by atoms with van der Waals surface area (Å²) in [5.74, 6) is -1.40. The molecular weight excluding hydrogens is 567 g/mol. The van der Waals surface area contributed by atoms with E-state index >= 15 is 0 Å². The lowest BCUT2D eigenvalue weighted by Crippen LogP contribution is -2.27. The van der Waals surface area contributed by atoms with Gasteiger partial charge in [0.05, 0.1) is 35.6 Å². The molecule has 9 nitrogen and oxygen atoms in total. The monoisotopic (exact) mass is 595 g/mol. The summed E-state index contributed by atoms with van der Waals surface area (Å²) < 4.78 is 46.5. The van der Waals surface area contributed by atoms with Crippen molar-refractivity contribution >= 4 is 45.9 Å². The number of aryl methyl sites for hydroxylation is 1. The van der Waals surface area contributed by atoms with Crippen molar-refractivity contribution < 1.29 is 32.3 Å². The zero-order chi connectivity index (χ0) is 28.9. The predicted octanol–water partition coefficient (Wildman–Crippen LogP) is 5.00. The van der Waals surface area contributed by atoms with Gasteiger partial charge >= 0.3 is 12.1 Å². The highest BCUT2D eigenvalue weighted by molar-refractivity contribution is 7.99. The Morgan fingerprint density at radius 3 is 2.62 bits per heavy atom. The van der Waals surface area contributed by atoms with Crippen molar-refractivity contribution in [1.82, 2.24) is 20.1 Å². The molecule has 0 bridgehead atoms. The topological polar surface area (TPSA) is 115 Å². The van der Waals surface area contributed by atoms with Crippen LogP contribution in [0.5, 0.6) is 0 Å². The lowest BCUT2D eigenvalue weighted by Gasteiger charge is -2.12. The van der Waals surface area contributed by atoms with Gasteiger partial charge in [0, 0.05) is 11.9 Å². The summed E-state index contributed by atoms with van der Waals surface area (Å²) in [7, 11) is 1.63. The molecule has 0 radical (unpaired) electrons. The fourth-order valence-electron chi connectivity index (χ4n) is 4.35. The Kier molecular flexibility index (Phi) is 9.51. The first-order valence-corrected chi connectivity index (χ1v) is 14.5. The van der Waals surface area contributed by atoms with E-state index in [9.17, 15) is 27.6 Å². The third-order valence-electron chi connectivity index (χ3n) is 6.30. The number of amides is 2. The first kappa shape index (κ1) is 29.6. The second-order valence-corrected chi connectivity index (χ2v) is 11.1. The number of carbonyl (C=O) groups excluding carboxylic acids is 3. The van der Waals surface area contributed by atoms with Crippen LogP contribution in [0.15, 0.2) is 29.4 Å². The molecule has 0 saturated carbocycles. The van der Waals surface area contributed by atoms with E-state index in [0.717, 1.165) is 66.4 Å². The van der Waals surface area contributed by atoms with Crippen LogP contribution < -0.4 is 10.6 Å². The van der Waals surface area contributed by atoms with Crippen molar-refractivity contribution in [2.75, 3.05) is 17.7 Å². The summed E-state index contributed by atoms with van der Waals surface area (Å²) in [6.07, 6.45) is 0.0574. The van der Waals surface area contributed by atoms with Crippen LogP contribution in [0.4, 0.5) is 18.2 Å². The number of hydrogen-bond acceptors (Lipinski definition) is 8. The number of nitrogens with one attached hydrogen (secondary N) is 2. The molecular formula is C26H28F3N5O4S2. The van der Waals surface area contributed by atoms with E-state index in [1.54, 1.807) is 18.5 Å². The van der Waals surface area contributed by atoms with Crippen molar-refractivity contribution in [1.29, 1.82) is 0 Å². The fourth-order valence-corrected chi connectivity index (χ4v) is 6.37. The van der Waals surface area contributed by atoms with Crippen molar-refractivity contribution in [3.63, 3.8) is 0 Å². The van der Waals surface area contributed by atoms with E-state index < -0.39 is 29.2 Å². The summed E-state index contributed by atoms with van der Waals surface area (Å²) in [5, 5.41) is 14.2. The lowest BCUT2D eigenvalue weighted by molar-refractivity contribution is -0.138. The van der Waals surface area contributed by atoms with Crippen LogP contribution in [0.1, 0.15) is 68.7 Å². The summed E-state index contributed by atoms with van der Waals surface area (Å²) >= 11 is 2.51. The summed E-state index contributed by atoms with van der Waals surface area (Å²) in [5.41, 5.74) is -0.120. The third kappa shape index (κ3) is 6.84. The summed E-state index contributed by atoms with van der Waals surface area (Å²) in [6, 6.07) is 4.52. The smallest absolute Gasteiger partial charge is 0.417 e. The van der Waals surface area contributed by atoms with Crippen LogP contribution in [0.2, 0.25) is 0 Å². The maximum Gasteiger partial charge on any atom is 0.417 e. The molecule has 0 saturated heterocycles. The molecule has 2 amide bonds. The molecule has 40 heavy (non-hydrogen) atoms. The Labute approximate surface area is 236 Å². The van der Waals surface area contributed by atoms with Crippen LogP contribution in [0.25, 0.3) is 0 Å². The van der Waals surface area contributed by atoms with Gasteiger partial charge in [0.2, 0.25) is 5.91 Å². The highest BCUT2D eigenvalue weighted by Gasteiger charge is 2.35. The number of benzene rings is 1. The van der Waals surface area contributed by atoms with Crippen molar-refractivity contribution in [2.24, 2.45) is 7.05 Å². The highest BCUT2D eigenvalue weighted by atomic mass is 32.2. The third-order valence-corrected chi connectivity index (χ3v) is 8.52. The number of aromatic nitrogens is 3. The van der Waals surface area contributed by atoms with Gasteiger partial charge < -0.3 is 19.9 Å². The van der Waals surface area contributed by atoms with E-state index in [-0.39, 0.29) is 24.8 Å². The number of halogens is 3. The molecule has 2 aromatic heterocycles. The normalized spacial score (nSPS) is 13.3.